The van der Waals surface area contributed by atoms with E-state index in [1.54, 1.807) is 12.1 Å². The lowest BCUT2D eigenvalue weighted by molar-refractivity contribution is 0.290. The van der Waals surface area contributed by atoms with Crippen molar-refractivity contribution in [1.29, 1.82) is 0 Å². The summed E-state index contributed by atoms with van der Waals surface area (Å²) in [6.07, 6.45) is 0.862. The Bertz CT molecular complexity index is 542. The molecule has 0 amide bonds. The molecule has 2 aromatic rings. The minimum absolute atomic E-state index is 0.250. The third-order valence-corrected chi connectivity index (χ3v) is 3.24. The molecule has 0 aromatic heterocycles. The number of benzene rings is 2. The summed E-state index contributed by atoms with van der Waals surface area (Å²) >= 11 is 3.29. The molecule has 0 aliphatic carbocycles. The maximum atomic E-state index is 13.5. The SMILES string of the molecule is NCCc1ccc(COc2cc(Br)ccc2F)cc1. The molecular weight excluding hydrogens is 309 g/mol. The van der Waals surface area contributed by atoms with Crippen LogP contribution in [0.3, 0.4) is 0 Å². The number of hydrogen-bond donors (Lipinski definition) is 1. The maximum absolute atomic E-state index is 13.5. The van der Waals surface area contributed by atoms with Gasteiger partial charge >= 0.3 is 0 Å². The predicted octanol–water partition coefficient (Wildman–Crippen LogP) is 3.67. The van der Waals surface area contributed by atoms with Gasteiger partial charge in [-0.15, -0.1) is 0 Å². The number of rotatable bonds is 5. The van der Waals surface area contributed by atoms with Crippen molar-refractivity contribution in [3.05, 3.63) is 63.9 Å². The van der Waals surface area contributed by atoms with E-state index in [4.69, 9.17) is 10.5 Å². The molecule has 0 atom stereocenters. The smallest absolute Gasteiger partial charge is 0.165 e. The molecule has 0 saturated carbocycles. The van der Waals surface area contributed by atoms with E-state index in [0.29, 0.717) is 13.2 Å². The van der Waals surface area contributed by atoms with Gasteiger partial charge in [0.15, 0.2) is 11.6 Å². The lowest BCUT2D eigenvalue weighted by Crippen LogP contribution is -2.03. The number of ether oxygens (including phenoxy) is 1. The van der Waals surface area contributed by atoms with Crippen molar-refractivity contribution in [2.24, 2.45) is 5.73 Å². The molecule has 19 heavy (non-hydrogen) atoms. The van der Waals surface area contributed by atoms with Crippen LogP contribution in [0.2, 0.25) is 0 Å². The quantitative estimate of drug-likeness (QED) is 0.911. The average Bonchev–Trinajstić information content (AvgIpc) is 2.42. The summed E-state index contributed by atoms with van der Waals surface area (Å²) < 4.78 is 19.7. The van der Waals surface area contributed by atoms with Crippen LogP contribution in [0.15, 0.2) is 46.9 Å². The minimum Gasteiger partial charge on any atom is -0.486 e. The van der Waals surface area contributed by atoms with Gasteiger partial charge in [-0.1, -0.05) is 40.2 Å². The molecule has 0 radical (unpaired) electrons. The second-order valence-electron chi connectivity index (χ2n) is 4.22. The molecule has 0 saturated heterocycles. The van der Waals surface area contributed by atoms with Crippen LogP contribution in [0.1, 0.15) is 11.1 Å². The van der Waals surface area contributed by atoms with Crippen LogP contribution >= 0.6 is 15.9 Å². The summed E-state index contributed by atoms with van der Waals surface area (Å²) in [6.45, 7) is 0.982. The van der Waals surface area contributed by atoms with E-state index in [-0.39, 0.29) is 11.6 Å². The van der Waals surface area contributed by atoms with Gasteiger partial charge in [-0.3, -0.25) is 0 Å². The Kier molecular flexibility index (Phi) is 4.93. The molecule has 0 aliphatic rings. The van der Waals surface area contributed by atoms with Crippen molar-refractivity contribution in [2.45, 2.75) is 13.0 Å². The topological polar surface area (TPSA) is 35.2 Å². The molecule has 0 unspecified atom stereocenters. The van der Waals surface area contributed by atoms with Crippen molar-refractivity contribution >= 4 is 15.9 Å². The molecule has 2 N–H and O–H groups in total. The van der Waals surface area contributed by atoms with Crippen molar-refractivity contribution in [3.63, 3.8) is 0 Å². The number of hydrogen-bond acceptors (Lipinski definition) is 2. The fourth-order valence-corrected chi connectivity index (χ4v) is 2.06. The molecule has 2 rings (SSSR count). The molecule has 0 heterocycles. The van der Waals surface area contributed by atoms with Gasteiger partial charge in [0.05, 0.1) is 0 Å². The minimum atomic E-state index is -0.358. The van der Waals surface area contributed by atoms with Gasteiger partial charge in [0, 0.05) is 4.47 Å². The van der Waals surface area contributed by atoms with Crippen LogP contribution in [-0.2, 0) is 13.0 Å². The van der Waals surface area contributed by atoms with Gasteiger partial charge in [0.1, 0.15) is 6.61 Å². The first-order valence-electron chi connectivity index (χ1n) is 6.05. The highest BCUT2D eigenvalue weighted by Gasteiger charge is 2.04. The third-order valence-electron chi connectivity index (χ3n) is 2.74. The molecule has 0 fully saturated rings. The van der Waals surface area contributed by atoms with Gasteiger partial charge in [-0.2, -0.15) is 0 Å². The predicted molar refractivity (Wildman–Crippen MR) is 77.6 cm³/mol. The zero-order chi connectivity index (χ0) is 13.7. The lowest BCUT2D eigenvalue weighted by atomic mass is 10.1. The van der Waals surface area contributed by atoms with Crippen molar-refractivity contribution < 1.29 is 9.13 Å². The van der Waals surface area contributed by atoms with Gasteiger partial charge in [0.2, 0.25) is 0 Å². The van der Waals surface area contributed by atoms with Crippen LogP contribution < -0.4 is 10.5 Å². The van der Waals surface area contributed by atoms with E-state index in [1.165, 1.54) is 11.6 Å². The molecule has 0 spiro atoms. The van der Waals surface area contributed by atoms with Crippen LogP contribution in [0.5, 0.6) is 5.75 Å². The summed E-state index contributed by atoms with van der Waals surface area (Å²) in [5, 5.41) is 0. The van der Waals surface area contributed by atoms with Crippen LogP contribution in [0, 0.1) is 5.82 Å². The first kappa shape index (κ1) is 14.0. The molecule has 2 nitrogen and oxygen atoms in total. The van der Waals surface area contributed by atoms with E-state index in [2.05, 4.69) is 15.9 Å². The summed E-state index contributed by atoms with van der Waals surface area (Å²) in [4.78, 5) is 0. The van der Waals surface area contributed by atoms with E-state index in [9.17, 15) is 4.39 Å². The second-order valence-corrected chi connectivity index (χ2v) is 5.13. The van der Waals surface area contributed by atoms with Crippen molar-refractivity contribution in [2.75, 3.05) is 6.54 Å². The third kappa shape index (κ3) is 4.04. The molecule has 4 heteroatoms. The Labute approximate surface area is 120 Å². The highest BCUT2D eigenvalue weighted by Crippen LogP contribution is 2.23. The zero-order valence-corrected chi connectivity index (χ0v) is 12.0. The Morgan fingerprint density at radius 1 is 1.05 bits per heavy atom. The molecule has 2 aromatic carbocycles. The summed E-state index contributed by atoms with van der Waals surface area (Å²) in [7, 11) is 0. The Hall–Kier alpha value is -1.39. The average molecular weight is 324 g/mol. The highest BCUT2D eigenvalue weighted by atomic mass is 79.9. The Morgan fingerprint density at radius 2 is 1.74 bits per heavy atom. The van der Waals surface area contributed by atoms with Crippen LogP contribution in [-0.4, -0.2) is 6.54 Å². The summed E-state index contributed by atoms with van der Waals surface area (Å²) in [5.74, 6) is -0.108. The molecule has 0 aliphatic heterocycles. The number of halogens is 2. The largest absolute Gasteiger partial charge is 0.486 e. The first-order valence-corrected chi connectivity index (χ1v) is 6.84. The summed E-state index contributed by atoms with van der Waals surface area (Å²) in [6, 6.07) is 12.6. The monoisotopic (exact) mass is 323 g/mol. The number of nitrogens with two attached hydrogens (primary N) is 1. The lowest BCUT2D eigenvalue weighted by Gasteiger charge is -2.08. The Morgan fingerprint density at radius 3 is 2.42 bits per heavy atom. The molecular formula is C15H15BrFNO. The van der Waals surface area contributed by atoms with Gasteiger partial charge in [-0.25, -0.2) is 4.39 Å². The highest BCUT2D eigenvalue weighted by molar-refractivity contribution is 9.10. The van der Waals surface area contributed by atoms with Gasteiger partial charge < -0.3 is 10.5 Å². The Balaban J connectivity index is 2.00. The summed E-state index contributed by atoms with van der Waals surface area (Å²) in [5.41, 5.74) is 7.69. The van der Waals surface area contributed by atoms with E-state index < -0.39 is 0 Å². The van der Waals surface area contributed by atoms with E-state index >= 15 is 0 Å². The molecule has 0 bridgehead atoms. The van der Waals surface area contributed by atoms with Crippen molar-refractivity contribution in [3.8, 4) is 5.75 Å². The fraction of sp³-hybridized carbons (Fsp3) is 0.200. The van der Waals surface area contributed by atoms with Gasteiger partial charge in [-0.05, 0) is 42.3 Å². The van der Waals surface area contributed by atoms with E-state index in [1.807, 2.05) is 24.3 Å². The van der Waals surface area contributed by atoms with Crippen LogP contribution in [0.4, 0.5) is 4.39 Å². The van der Waals surface area contributed by atoms with E-state index in [0.717, 1.165) is 16.5 Å². The van der Waals surface area contributed by atoms with Crippen molar-refractivity contribution in [1.82, 2.24) is 0 Å². The standard InChI is InChI=1S/C15H15BrFNO/c16-13-5-6-14(17)15(9-13)19-10-12-3-1-11(2-4-12)7-8-18/h1-6,9H,7-8,10,18H2. The van der Waals surface area contributed by atoms with Gasteiger partial charge in [0.25, 0.3) is 0 Å². The first-order chi connectivity index (χ1) is 9.19. The maximum Gasteiger partial charge on any atom is 0.165 e. The normalized spacial score (nSPS) is 10.5. The van der Waals surface area contributed by atoms with Crippen LogP contribution in [0.25, 0.3) is 0 Å². The second kappa shape index (κ2) is 6.68. The molecule has 100 valence electrons. The fourth-order valence-electron chi connectivity index (χ4n) is 1.72. The zero-order valence-electron chi connectivity index (χ0n) is 10.4.